The zero-order valence-electron chi connectivity index (χ0n) is 14.7. The molecule has 0 spiro atoms. The first-order valence-electron chi connectivity index (χ1n) is 8.70. The second-order valence-electron chi connectivity index (χ2n) is 6.59. The lowest BCUT2D eigenvalue weighted by molar-refractivity contribution is -0.00809. The van der Waals surface area contributed by atoms with Crippen LogP contribution in [0.25, 0.3) is 22.0 Å². The van der Waals surface area contributed by atoms with Gasteiger partial charge in [0.05, 0.1) is 6.61 Å². The third kappa shape index (κ3) is 3.44. The molecule has 0 unspecified atom stereocenters. The molecule has 2 aromatic carbocycles. The number of aryl methyl sites for hydroxylation is 1. The molecule has 7 heteroatoms. The molecule has 6 nitrogen and oxygen atoms in total. The summed E-state index contributed by atoms with van der Waals surface area (Å²) in [6, 6.07) is 15.9. The molecular weight excluding hydrogens is 364 g/mol. The van der Waals surface area contributed by atoms with E-state index >= 15 is 0 Å². The summed E-state index contributed by atoms with van der Waals surface area (Å²) < 4.78 is 5.56. The summed E-state index contributed by atoms with van der Waals surface area (Å²) in [4.78, 5) is 0. The van der Waals surface area contributed by atoms with E-state index in [9.17, 15) is 15.3 Å². The maximum absolute atomic E-state index is 10.2. The van der Waals surface area contributed by atoms with Gasteiger partial charge in [0.25, 0.3) is 0 Å². The maximum Gasteiger partial charge on any atom is 0.138 e. The first kappa shape index (κ1) is 18.3. The quantitative estimate of drug-likeness (QED) is 0.634. The Morgan fingerprint density at radius 3 is 2.33 bits per heavy atom. The summed E-state index contributed by atoms with van der Waals surface area (Å²) in [5.41, 5.74) is 2.22. The van der Waals surface area contributed by atoms with Crippen LogP contribution >= 0.6 is 11.8 Å². The van der Waals surface area contributed by atoms with Crippen LogP contribution in [0.15, 0.2) is 53.6 Å². The van der Waals surface area contributed by atoms with Crippen LogP contribution in [0.1, 0.15) is 5.56 Å². The highest BCUT2D eigenvalue weighted by molar-refractivity contribution is 8.00. The second-order valence-corrected chi connectivity index (χ2v) is 7.68. The van der Waals surface area contributed by atoms with Crippen LogP contribution in [-0.2, 0) is 4.74 Å². The molecule has 4 rings (SSSR count). The monoisotopic (exact) mass is 384 g/mol. The lowest BCUT2D eigenvalue weighted by atomic mass is 10.0. The van der Waals surface area contributed by atoms with Crippen LogP contribution in [0.5, 0.6) is 0 Å². The lowest BCUT2D eigenvalue weighted by Crippen LogP contribution is -2.33. The minimum absolute atomic E-state index is 0.353. The molecule has 0 bridgehead atoms. The number of aliphatic hydroxyl groups excluding tert-OH is 3. The van der Waals surface area contributed by atoms with Crippen molar-refractivity contribution >= 4 is 22.5 Å². The van der Waals surface area contributed by atoms with Crippen molar-refractivity contribution in [3.8, 4) is 11.3 Å². The average Bonchev–Trinajstić information content (AvgIpc) is 2.97. The Kier molecular flexibility index (Phi) is 5.12. The Labute approximate surface area is 160 Å². The van der Waals surface area contributed by atoms with Crippen molar-refractivity contribution in [2.75, 3.05) is 6.61 Å². The van der Waals surface area contributed by atoms with E-state index in [0.717, 1.165) is 22.0 Å². The summed E-state index contributed by atoms with van der Waals surface area (Å²) >= 11 is 1.20. The van der Waals surface area contributed by atoms with Crippen LogP contribution in [-0.4, -0.2) is 55.9 Å². The standard InChI is InChI=1S/C20H20N2O4S/c1-11-6-8-12(9-7-11)16-13-4-2-3-5-14(13)19(22-21-16)27-20-18(25)17(24)15(10-23)26-20/h2-9,15,17-18,20,23-25H,10H2,1H3/t15-,17-,18-,20+/m1/s1. The van der Waals surface area contributed by atoms with E-state index in [-0.39, 0.29) is 6.61 Å². The predicted octanol–water partition coefficient (Wildman–Crippen LogP) is 2.14. The number of benzene rings is 2. The van der Waals surface area contributed by atoms with Gasteiger partial charge in [-0.15, -0.1) is 10.2 Å². The average molecular weight is 384 g/mol. The van der Waals surface area contributed by atoms with Gasteiger partial charge in [-0.2, -0.15) is 0 Å². The van der Waals surface area contributed by atoms with Crippen LogP contribution < -0.4 is 0 Å². The Hall–Kier alpha value is -2.03. The van der Waals surface area contributed by atoms with Crippen molar-refractivity contribution in [2.45, 2.75) is 35.7 Å². The fraction of sp³-hybridized carbons (Fsp3) is 0.300. The molecule has 3 aromatic rings. The molecule has 2 heterocycles. The van der Waals surface area contributed by atoms with Crippen molar-refractivity contribution in [1.29, 1.82) is 0 Å². The van der Waals surface area contributed by atoms with Crippen molar-refractivity contribution in [2.24, 2.45) is 0 Å². The number of nitrogens with zero attached hydrogens (tertiary/aromatic N) is 2. The number of hydrogen-bond acceptors (Lipinski definition) is 7. The van der Waals surface area contributed by atoms with Gasteiger partial charge in [0.15, 0.2) is 0 Å². The van der Waals surface area contributed by atoms with Crippen LogP contribution in [0, 0.1) is 6.92 Å². The van der Waals surface area contributed by atoms with Crippen molar-refractivity contribution in [3.63, 3.8) is 0 Å². The SMILES string of the molecule is Cc1ccc(-c2nnc(S[C@@H]3O[C@H](CO)[C@@H](O)[C@H]3O)c3ccccc23)cc1. The molecule has 1 aliphatic rings. The molecule has 27 heavy (non-hydrogen) atoms. The fourth-order valence-electron chi connectivity index (χ4n) is 3.16. The molecule has 1 aliphatic heterocycles. The molecule has 0 radical (unpaired) electrons. The molecule has 1 aromatic heterocycles. The Morgan fingerprint density at radius 1 is 0.963 bits per heavy atom. The van der Waals surface area contributed by atoms with E-state index in [1.807, 2.05) is 55.5 Å². The van der Waals surface area contributed by atoms with Gasteiger partial charge < -0.3 is 20.1 Å². The zero-order chi connectivity index (χ0) is 19.0. The second kappa shape index (κ2) is 7.53. The number of aromatic nitrogens is 2. The molecule has 3 N–H and O–H groups in total. The van der Waals surface area contributed by atoms with Crippen LogP contribution in [0.2, 0.25) is 0 Å². The minimum atomic E-state index is -1.13. The van der Waals surface area contributed by atoms with Crippen LogP contribution in [0.4, 0.5) is 0 Å². The highest BCUT2D eigenvalue weighted by Gasteiger charge is 2.43. The summed E-state index contributed by atoms with van der Waals surface area (Å²) in [5, 5.41) is 40.6. The summed E-state index contributed by atoms with van der Waals surface area (Å²) in [5.74, 6) is 0. The van der Waals surface area contributed by atoms with Gasteiger partial charge in [0.1, 0.15) is 34.5 Å². The molecule has 140 valence electrons. The van der Waals surface area contributed by atoms with E-state index in [1.165, 1.54) is 17.3 Å². The topological polar surface area (TPSA) is 95.7 Å². The number of aliphatic hydroxyl groups is 3. The summed E-state index contributed by atoms with van der Waals surface area (Å²) in [6.45, 7) is 1.68. The minimum Gasteiger partial charge on any atom is -0.394 e. The number of fused-ring (bicyclic) bond motifs is 1. The van der Waals surface area contributed by atoms with Gasteiger partial charge >= 0.3 is 0 Å². The van der Waals surface area contributed by atoms with Gasteiger partial charge in [0, 0.05) is 16.3 Å². The largest absolute Gasteiger partial charge is 0.394 e. The van der Waals surface area contributed by atoms with Crippen molar-refractivity contribution < 1.29 is 20.1 Å². The van der Waals surface area contributed by atoms with Gasteiger partial charge in [-0.05, 0) is 6.92 Å². The summed E-state index contributed by atoms with van der Waals surface area (Å²) in [6.07, 6.45) is -3.04. The van der Waals surface area contributed by atoms with E-state index in [4.69, 9.17) is 4.74 Å². The molecule has 1 fully saturated rings. The van der Waals surface area contributed by atoms with E-state index < -0.39 is 23.7 Å². The number of ether oxygens (including phenoxy) is 1. The zero-order valence-corrected chi connectivity index (χ0v) is 15.5. The van der Waals surface area contributed by atoms with E-state index in [2.05, 4.69) is 10.2 Å². The highest BCUT2D eigenvalue weighted by Crippen LogP contribution is 2.38. The van der Waals surface area contributed by atoms with Gasteiger partial charge in [-0.3, -0.25) is 0 Å². The van der Waals surface area contributed by atoms with E-state index in [1.54, 1.807) is 0 Å². The molecule has 0 amide bonds. The fourth-order valence-corrected chi connectivity index (χ4v) is 4.28. The maximum atomic E-state index is 10.2. The van der Waals surface area contributed by atoms with Crippen molar-refractivity contribution in [1.82, 2.24) is 10.2 Å². The number of rotatable bonds is 4. The smallest absolute Gasteiger partial charge is 0.138 e. The van der Waals surface area contributed by atoms with Gasteiger partial charge in [-0.1, -0.05) is 65.9 Å². The Balaban J connectivity index is 1.71. The van der Waals surface area contributed by atoms with Crippen molar-refractivity contribution in [3.05, 3.63) is 54.1 Å². The van der Waals surface area contributed by atoms with E-state index in [0.29, 0.717) is 5.03 Å². The lowest BCUT2D eigenvalue weighted by Gasteiger charge is -2.15. The van der Waals surface area contributed by atoms with Gasteiger partial charge in [0.2, 0.25) is 0 Å². The normalized spacial score (nSPS) is 25.2. The van der Waals surface area contributed by atoms with Crippen LogP contribution in [0.3, 0.4) is 0 Å². The summed E-state index contributed by atoms with van der Waals surface area (Å²) in [7, 11) is 0. The number of thioether (sulfide) groups is 1. The first-order valence-corrected chi connectivity index (χ1v) is 9.58. The molecule has 1 saturated heterocycles. The Morgan fingerprint density at radius 2 is 1.67 bits per heavy atom. The van der Waals surface area contributed by atoms with Gasteiger partial charge in [-0.25, -0.2) is 0 Å². The molecule has 0 aliphatic carbocycles. The predicted molar refractivity (Wildman–Crippen MR) is 103 cm³/mol. The number of hydrogen-bond donors (Lipinski definition) is 3. The third-order valence-corrected chi connectivity index (χ3v) is 5.85. The molecular formula is C20H20N2O4S. The molecule has 0 saturated carbocycles. The third-order valence-electron chi connectivity index (χ3n) is 4.70. The highest BCUT2D eigenvalue weighted by atomic mass is 32.2. The molecule has 4 atom stereocenters. The first-order chi connectivity index (χ1) is 13.1. The Bertz CT molecular complexity index is 950.